The number of amides is 1. The lowest BCUT2D eigenvalue weighted by molar-refractivity contribution is -0.302. The third-order valence-corrected chi connectivity index (χ3v) is 14.1. The van der Waals surface area contributed by atoms with Crippen molar-refractivity contribution in [3.8, 4) is 0 Å². The van der Waals surface area contributed by atoms with Crippen LogP contribution in [0.4, 0.5) is 0 Å². The standard InChI is InChI=1S/C63H113NO10/c1-3-5-7-9-11-13-15-16-24-28-31-35-39-43-47-51-59(68)72-52-48-44-40-36-32-29-26-23-21-19-17-18-20-22-25-27-30-34-38-42-46-50-58(67)64-55(54-73-63-62(71)61(70)60(69)57(53-65)74-63)56(66)49-45-41-37-33-14-12-10-8-6-4-2/h6,8,14,29,32-33,40,44-45,49,55-57,60-63,65-66,69-71H,3-5,7,9-13,15-28,30-31,34-39,41-43,46-48,50-54H2,1-2H3,(H,64,67)/b8-6+,32-29-,33-14+,44-40-,49-45+. The molecule has 0 aliphatic carbocycles. The van der Waals surface area contributed by atoms with Gasteiger partial charge in [-0.1, -0.05) is 242 Å². The highest BCUT2D eigenvalue weighted by atomic mass is 16.7. The van der Waals surface area contributed by atoms with Gasteiger partial charge in [-0.15, -0.1) is 0 Å². The van der Waals surface area contributed by atoms with Crippen LogP contribution in [0.5, 0.6) is 0 Å². The summed E-state index contributed by atoms with van der Waals surface area (Å²) < 4.78 is 16.6. The van der Waals surface area contributed by atoms with Gasteiger partial charge in [0, 0.05) is 12.8 Å². The van der Waals surface area contributed by atoms with Crippen LogP contribution >= 0.6 is 0 Å². The molecular formula is C63H113NO10. The Bertz CT molecular complexity index is 1410. The van der Waals surface area contributed by atoms with Gasteiger partial charge in [0.15, 0.2) is 6.29 Å². The van der Waals surface area contributed by atoms with E-state index in [2.05, 4.69) is 67.8 Å². The Balaban J connectivity index is 2.04. The molecular weight excluding hydrogens is 931 g/mol. The van der Waals surface area contributed by atoms with Crippen LogP contribution in [0.25, 0.3) is 0 Å². The van der Waals surface area contributed by atoms with Crippen molar-refractivity contribution in [2.75, 3.05) is 19.8 Å². The number of rotatable bonds is 52. The molecule has 1 aliphatic heterocycles. The quantitative estimate of drug-likeness (QED) is 0.0195. The minimum atomic E-state index is -1.58. The third-order valence-electron chi connectivity index (χ3n) is 14.1. The van der Waals surface area contributed by atoms with Gasteiger partial charge < -0.3 is 45.1 Å². The molecule has 0 aromatic rings. The van der Waals surface area contributed by atoms with Gasteiger partial charge in [-0.25, -0.2) is 0 Å². The molecule has 6 N–H and O–H groups in total. The van der Waals surface area contributed by atoms with Crippen molar-refractivity contribution in [1.29, 1.82) is 0 Å². The SMILES string of the molecule is CC/C=C/CC/C=C/CC/C=C/C(O)C(COC1OC(CO)C(O)C(O)C1O)NC(=O)CCCCCCCCCCCCCCCC/C=C\C/C=C\CCOC(=O)CCCCCCCCCCCCCCCCC. The van der Waals surface area contributed by atoms with Crippen LogP contribution in [-0.2, 0) is 23.8 Å². The number of esters is 1. The smallest absolute Gasteiger partial charge is 0.305 e. The molecule has 7 unspecified atom stereocenters. The average molecular weight is 1040 g/mol. The lowest BCUT2D eigenvalue weighted by atomic mass is 9.99. The van der Waals surface area contributed by atoms with Gasteiger partial charge in [0.1, 0.15) is 24.4 Å². The van der Waals surface area contributed by atoms with Crippen LogP contribution in [0.1, 0.15) is 264 Å². The Hall–Kier alpha value is -2.64. The van der Waals surface area contributed by atoms with Crippen LogP contribution in [0, 0.1) is 0 Å². The molecule has 0 radical (unpaired) electrons. The summed E-state index contributed by atoms with van der Waals surface area (Å²) in [5.74, 6) is -0.251. The second-order valence-electron chi connectivity index (χ2n) is 21.0. The van der Waals surface area contributed by atoms with E-state index in [-0.39, 0.29) is 18.5 Å². The number of carbonyl (C=O) groups is 2. The number of carbonyl (C=O) groups excluding carboxylic acids is 2. The summed E-state index contributed by atoms with van der Waals surface area (Å²) >= 11 is 0. The summed E-state index contributed by atoms with van der Waals surface area (Å²) in [6.45, 7) is 4.09. The molecule has 1 rings (SSSR count). The maximum absolute atomic E-state index is 13.0. The van der Waals surface area contributed by atoms with E-state index < -0.39 is 49.5 Å². The van der Waals surface area contributed by atoms with Crippen LogP contribution in [-0.4, -0.2) is 100 Å². The molecule has 11 nitrogen and oxygen atoms in total. The van der Waals surface area contributed by atoms with Gasteiger partial charge in [0.2, 0.25) is 5.91 Å². The zero-order valence-electron chi connectivity index (χ0n) is 47.3. The van der Waals surface area contributed by atoms with Gasteiger partial charge in [0.05, 0.1) is 32.0 Å². The predicted molar refractivity (Wildman–Crippen MR) is 306 cm³/mol. The fourth-order valence-electron chi connectivity index (χ4n) is 9.31. The van der Waals surface area contributed by atoms with Crippen LogP contribution in [0.3, 0.4) is 0 Å². The van der Waals surface area contributed by atoms with Crippen molar-refractivity contribution >= 4 is 11.9 Å². The maximum atomic E-state index is 13.0. The maximum Gasteiger partial charge on any atom is 0.305 e. The number of unbranched alkanes of at least 4 members (excludes halogenated alkanes) is 30. The summed E-state index contributed by atoms with van der Waals surface area (Å²) in [6.07, 6.45) is 57.8. The number of aliphatic hydroxyl groups excluding tert-OH is 5. The molecule has 11 heteroatoms. The molecule has 1 aliphatic rings. The van der Waals surface area contributed by atoms with Gasteiger partial charge >= 0.3 is 5.97 Å². The molecule has 430 valence electrons. The van der Waals surface area contributed by atoms with Gasteiger partial charge in [0.25, 0.3) is 0 Å². The predicted octanol–water partition coefficient (Wildman–Crippen LogP) is 14.2. The second-order valence-corrected chi connectivity index (χ2v) is 21.0. The Morgan fingerprint density at radius 1 is 0.514 bits per heavy atom. The summed E-state index contributed by atoms with van der Waals surface area (Å²) in [7, 11) is 0. The molecule has 7 atom stereocenters. The normalized spacial score (nSPS) is 19.3. The van der Waals surface area contributed by atoms with Crippen molar-refractivity contribution in [2.45, 2.75) is 307 Å². The molecule has 1 amide bonds. The van der Waals surface area contributed by atoms with E-state index in [0.29, 0.717) is 19.4 Å². The Kier molecular flexibility index (Phi) is 49.1. The first kappa shape index (κ1) is 69.4. The Morgan fingerprint density at radius 2 is 0.959 bits per heavy atom. The molecule has 74 heavy (non-hydrogen) atoms. The van der Waals surface area contributed by atoms with E-state index in [1.165, 1.54) is 148 Å². The fraction of sp³-hybridized carbons (Fsp3) is 0.810. The first-order chi connectivity index (χ1) is 36.2. The minimum absolute atomic E-state index is 0.0471. The number of hydrogen-bond donors (Lipinski definition) is 6. The van der Waals surface area contributed by atoms with E-state index >= 15 is 0 Å². The largest absolute Gasteiger partial charge is 0.465 e. The first-order valence-corrected chi connectivity index (χ1v) is 30.6. The Labute approximate surface area is 452 Å². The number of allylic oxidation sites excluding steroid dienone is 8. The zero-order valence-corrected chi connectivity index (χ0v) is 47.3. The van der Waals surface area contributed by atoms with Crippen LogP contribution < -0.4 is 5.32 Å². The summed E-state index contributed by atoms with van der Waals surface area (Å²) in [5.41, 5.74) is 0. The van der Waals surface area contributed by atoms with E-state index in [1.54, 1.807) is 6.08 Å². The molecule has 0 bridgehead atoms. The summed E-state index contributed by atoms with van der Waals surface area (Å²) in [4.78, 5) is 25.0. The van der Waals surface area contributed by atoms with Crippen molar-refractivity contribution in [3.05, 3.63) is 60.8 Å². The first-order valence-electron chi connectivity index (χ1n) is 30.6. The molecule has 0 aromatic heterocycles. The number of aliphatic hydroxyl groups is 5. The van der Waals surface area contributed by atoms with Crippen molar-refractivity contribution in [2.24, 2.45) is 0 Å². The van der Waals surface area contributed by atoms with Crippen molar-refractivity contribution in [3.63, 3.8) is 0 Å². The Morgan fingerprint density at radius 3 is 1.47 bits per heavy atom. The molecule has 1 fully saturated rings. The molecule has 0 saturated carbocycles. The molecule has 0 aromatic carbocycles. The third kappa shape index (κ3) is 41.5. The highest BCUT2D eigenvalue weighted by Gasteiger charge is 2.44. The monoisotopic (exact) mass is 1040 g/mol. The topological polar surface area (TPSA) is 175 Å². The van der Waals surface area contributed by atoms with Crippen molar-refractivity contribution < 1.29 is 49.3 Å². The summed E-state index contributed by atoms with van der Waals surface area (Å²) in [6, 6.07) is -0.838. The highest BCUT2D eigenvalue weighted by molar-refractivity contribution is 5.76. The van der Waals surface area contributed by atoms with Crippen molar-refractivity contribution in [1.82, 2.24) is 5.32 Å². The van der Waals surface area contributed by atoms with E-state index in [4.69, 9.17) is 14.2 Å². The van der Waals surface area contributed by atoms with Gasteiger partial charge in [-0.3, -0.25) is 9.59 Å². The number of ether oxygens (including phenoxy) is 3. The lowest BCUT2D eigenvalue weighted by Crippen LogP contribution is -2.60. The van der Waals surface area contributed by atoms with Crippen LogP contribution in [0.2, 0.25) is 0 Å². The van der Waals surface area contributed by atoms with Gasteiger partial charge in [-0.2, -0.15) is 0 Å². The number of hydrogen-bond acceptors (Lipinski definition) is 10. The fourth-order valence-corrected chi connectivity index (χ4v) is 9.31. The van der Waals surface area contributed by atoms with Crippen LogP contribution in [0.15, 0.2) is 60.8 Å². The molecule has 1 saturated heterocycles. The average Bonchev–Trinajstić information content (AvgIpc) is 3.40. The second kappa shape index (κ2) is 52.4. The lowest BCUT2D eigenvalue weighted by Gasteiger charge is -2.40. The van der Waals surface area contributed by atoms with E-state index in [1.807, 2.05) is 6.08 Å². The molecule has 0 spiro atoms. The summed E-state index contributed by atoms with van der Waals surface area (Å²) in [5, 5.41) is 54.2. The highest BCUT2D eigenvalue weighted by Crippen LogP contribution is 2.23. The van der Waals surface area contributed by atoms with E-state index in [0.717, 1.165) is 89.9 Å². The molecule has 1 heterocycles. The zero-order chi connectivity index (χ0) is 53.8. The minimum Gasteiger partial charge on any atom is -0.465 e. The van der Waals surface area contributed by atoms with Gasteiger partial charge in [-0.05, 0) is 70.6 Å². The number of nitrogens with one attached hydrogen (secondary N) is 1. The van der Waals surface area contributed by atoms with E-state index in [9.17, 15) is 35.1 Å².